The van der Waals surface area contributed by atoms with Crippen LogP contribution in [-0.4, -0.2) is 47.8 Å². The van der Waals surface area contributed by atoms with Crippen molar-refractivity contribution in [2.24, 2.45) is 5.73 Å². The molecule has 0 amide bonds. The Morgan fingerprint density at radius 2 is 2.00 bits per heavy atom. The van der Waals surface area contributed by atoms with Crippen molar-refractivity contribution < 1.29 is 9.47 Å². The molecule has 2 aromatic heterocycles. The van der Waals surface area contributed by atoms with Crippen molar-refractivity contribution in [3.8, 4) is 29.0 Å². The molecule has 2 N–H and O–H groups in total. The van der Waals surface area contributed by atoms with Gasteiger partial charge in [-0.15, -0.1) is 0 Å². The van der Waals surface area contributed by atoms with Crippen LogP contribution >= 0.6 is 0 Å². The van der Waals surface area contributed by atoms with Crippen molar-refractivity contribution in [3.63, 3.8) is 0 Å². The third kappa shape index (κ3) is 4.97. The lowest BCUT2D eigenvalue weighted by Gasteiger charge is -2.28. The molecule has 0 saturated carbocycles. The molecule has 0 atom stereocenters. The number of nitrogens with two attached hydrogens (primary N) is 1. The summed E-state index contributed by atoms with van der Waals surface area (Å²) in [5.41, 5.74) is 8.73. The van der Waals surface area contributed by atoms with Crippen LogP contribution in [0, 0.1) is 18.3 Å². The molecule has 1 saturated heterocycles. The third-order valence-electron chi connectivity index (χ3n) is 4.99. The van der Waals surface area contributed by atoms with Crippen LogP contribution in [0.2, 0.25) is 0 Å². The molecule has 3 aromatic rings. The summed E-state index contributed by atoms with van der Waals surface area (Å²) in [4.78, 5) is 15.7. The average Bonchev–Trinajstić information content (AvgIpc) is 2.80. The molecule has 4 rings (SSSR count). The summed E-state index contributed by atoms with van der Waals surface area (Å²) in [6.07, 6.45) is 2.59. The molecule has 1 aliphatic heterocycles. The summed E-state index contributed by atoms with van der Waals surface area (Å²) in [5, 5.41) is 9.37. The molecular formula is C23H24N6O2. The zero-order valence-electron chi connectivity index (χ0n) is 17.4. The van der Waals surface area contributed by atoms with Crippen LogP contribution in [0.25, 0.3) is 11.3 Å². The van der Waals surface area contributed by atoms with E-state index in [-0.39, 0.29) is 0 Å². The highest BCUT2D eigenvalue weighted by Gasteiger charge is 2.16. The van der Waals surface area contributed by atoms with Crippen molar-refractivity contribution >= 4 is 5.82 Å². The summed E-state index contributed by atoms with van der Waals surface area (Å²) in [5.74, 6) is 2.35. The van der Waals surface area contributed by atoms with Gasteiger partial charge >= 0.3 is 0 Å². The number of morpholine rings is 1. The van der Waals surface area contributed by atoms with E-state index >= 15 is 0 Å². The highest BCUT2D eigenvalue weighted by molar-refractivity contribution is 5.69. The van der Waals surface area contributed by atoms with E-state index in [1.165, 1.54) is 0 Å². The van der Waals surface area contributed by atoms with Crippen molar-refractivity contribution in [2.45, 2.75) is 13.3 Å². The van der Waals surface area contributed by atoms with E-state index in [0.717, 1.165) is 42.1 Å². The first-order valence-corrected chi connectivity index (χ1v) is 10.2. The number of nitriles is 1. The van der Waals surface area contributed by atoms with E-state index in [1.807, 2.05) is 37.4 Å². The second kappa shape index (κ2) is 9.51. The number of anilines is 1. The molecule has 1 aliphatic rings. The van der Waals surface area contributed by atoms with Crippen LogP contribution in [0.1, 0.15) is 17.0 Å². The van der Waals surface area contributed by atoms with Gasteiger partial charge in [0.25, 0.3) is 0 Å². The van der Waals surface area contributed by atoms with Gasteiger partial charge in [-0.3, -0.25) is 4.98 Å². The number of hydrogen-bond acceptors (Lipinski definition) is 8. The van der Waals surface area contributed by atoms with E-state index in [2.05, 4.69) is 25.9 Å². The van der Waals surface area contributed by atoms with Crippen LogP contribution in [0.5, 0.6) is 11.6 Å². The minimum Gasteiger partial charge on any atom is -0.438 e. The highest BCUT2D eigenvalue weighted by Crippen LogP contribution is 2.33. The molecule has 1 fully saturated rings. The lowest BCUT2D eigenvalue weighted by Crippen LogP contribution is -2.36. The minimum absolute atomic E-state index is 0.421. The van der Waals surface area contributed by atoms with Gasteiger partial charge in [-0.1, -0.05) is 6.07 Å². The molecule has 0 radical (unpaired) electrons. The molecule has 1 aromatic carbocycles. The van der Waals surface area contributed by atoms with E-state index in [9.17, 15) is 5.26 Å². The summed E-state index contributed by atoms with van der Waals surface area (Å²) in [6.45, 7) is 5.28. The first-order valence-electron chi connectivity index (χ1n) is 10.2. The zero-order chi connectivity index (χ0) is 21.6. The fourth-order valence-electron chi connectivity index (χ4n) is 3.43. The van der Waals surface area contributed by atoms with Gasteiger partial charge in [-0.05, 0) is 49.7 Å². The maximum Gasteiger partial charge on any atom is 0.224 e. The molecule has 0 unspecified atom stereocenters. The standard InChI is InChI=1S/C23H24N6O2/c1-16-27-22(29-8-10-30-11-9-29)13-23(28-16)31-21-12-18(14-25)2-4-19(21)20-5-3-17(6-7-24)15-26-20/h2-5,12-13,15H,6-11,24H2,1H3. The SMILES string of the molecule is Cc1nc(Oc2cc(C#N)ccc2-c2ccc(CCN)cn2)cc(N2CCOCC2)n1. The van der Waals surface area contributed by atoms with Crippen LogP contribution in [0.4, 0.5) is 5.82 Å². The molecule has 8 nitrogen and oxygen atoms in total. The van der Waals surface area contributed by atoms with E-state index in [0.29, 0.717) is 42.8 Å². The number of pyridine rings is 1. The van der Waals surface area contributed by atoms with Crippen molar-refractivity contribution in [3.05, 3.63) is 59.5 Å². The smallest absolute Gasteiger partial charge is 0.224 e. The van der Waals surface area contributed by atoms with Gasteiger partial charge in [0.15, 0.2) is 0 Å². The van der Waals surface area contributed by atoms with E-state index in [4.69, 9.17) is 15.2 Å². The zero-order valence-corrected chi connectivity index (χ0v) is 17.4. The van der Waals surface area contributed by atoms with Gasteiger partial charge in [0.1, 0.15) is 17.4 Å². The number of aryl methyl sites for hydroxylation is 1. The number of benzene rings is 1. The van der Waals surface area contributed by atoms with Gasteiger partial charge in [-0.2, -0.15) is 10.2 Å². The normalized spacial score (nSPS) is 13.6. The molecule has 0 bridgehead atoms. The Bertz CT molecular complexity index is 1090. The Labute approximate surface area is 181 Å². The van der Waals surface area contributed by atoms with Crippen LogP contribution in [0.15, 0.2) is 42.6 Å². The number of ether oxygens (including phenoxy) is 2. The van der Waals surface area contributed by atoms with Crippen molar-refractivity contribution in [1.82, 2.24) is 15.0 Å². The highest BCUT2D eigenvalue weighted by atomic mass is 16.5. The second-order valence-corrected chi connectivity index (χ2v) is 7.23. The number of aromatic nitrogens is 3. The first-order chi connectivity index (χ1) is 15.2. The fraction of sp³-hybridized carbons (Fsp3) is 0.304. The Hall–Kier alpha value is -3.54. The second-order valence-electron chi connectivity index (χ2n) is 7.23. The predicted octanol–water partition coefficient (Wildman–Crippen LogP) is 2.85. The van der Waals surface area contributed by atoms with E-state index < -0.39 is 0 Å². The van der Waals surface area contributed by atoms with Gasteiger partial charge in [0, 0.05) is 30.9 Å². The van der Waals surface area contributed by atoms with E-state index in [1.54, 1.807) is 12.1 Å². The maximum atomic E-state index is 9.37. The number of hydrogen-bond donors (Lipinski definition) is 1. The summed E-state index contributed by atoms with van der Waals surface area (Å²) >= 11 is 0. The molecule has 8 heteroatoms. The molecule has 0 aliphatic carbocycles. The van der Waals surface area contributed by atoms with Gasteiger partial charge < -0.3 is 20.1 Å². The monoisotopic (exact) mass is 416 g/mol. The van der Waals surface area contributed by atoms with Crippen LogP contribution in [0.3, 0.4) is 0 Å². The molecule has 158 valence electrons. The maximum absolute atomic E-state index is 9.37. The average molecular weight is 416 g/mol. The Balaban J connectivity index is 1.67. The van der Waals surface area contributed by atoms with Crippen LogP contribution < -0.4 is 15.4 Å². The Morgan fingerprint density at radius 1 is 1.16 bits per heavy atom. The lowest BCUT2D eigenvalue weighted by atomic mass is 10.1. The largest absolute Gasteiger partial charge is 0.438 e. The van der Waals surface area contributed by atoms with Gasteiger partial charge in [0.2, 0.25) is 5.88 Å². The Kier molecular flexibility index (Phi) is 6.36. The summed E-state index contributed by atoms with van der Waals surface area (Å²) in [6, 6.07) is 13.2. The lowest BCUT2D eigenvalue weighted by molar-refractivity contribution is 0.122. The van der Waals surface area contributed by atoms with Gasteiger partial charge in [0.05, 0.1) is 30.5 Å². The van der Waals surface area contributed by atoms with Crippen molar-refractivity contribution in [2.75, 3.05) is 37.7 Å². The third-order valence-corrected chi connectivity index (χ3v) is 4.99. The summed E-state index contributed by atoms with van der Waals surface area (Å²) in [7, 11) is 0. The number of nitrogens with zero attached hydrogens (tertiary/aromatic N) is 5. The molecule has 3 heterocycles. The molecule has 0 spiro atoms. The first kappa shape index (κ1) is 20.7. The molecule has 31 heavy (non-hydrogen) atoms. The minimum atomic E-state index is 0.421. The van der Waals surface area contributed by atoms with Crippen molar-refractivity contribution in [1.29, 1.82) is 5.26 Å². The Morgan fingerprint density at radius 3 is 2.71 bits per heavy atom. The topological polar surface area (TPSA) is 110 Å². The van der Waals surface area contributed by atoms with Crippen LogP contribution in [-0.2, 0) is 11.2 Å². The number of rotatable bonds is 6. The predicted molar refractivity (Wildman–Crippen MR) is 117 cm³/mol. The molecular weight excluding hydrogens is 392 g/mol. The van der Waals surface area contributed by atoms with Gasteiger partial charge in [-0.25, -0.2) is 4.98 Å². The summed E-state index contributed by atoms with van der Waals surface area (Å²) < 4.78 is 11.6. The quantitative estimate of drug-likeness (QED) is 0.653. The fourth-order valence-corrected chi connectivity index (χ4v) is 3.43.